The van der Waals surface area contributed by atoms with Crippen LogP contribution in [0.3, 0.4) is 0 Å². The van der Waals surface area contributed by atoms with Crippen LogP contribution in [0.25, 0.3) is 0 Å². The lowest BCUT2D eigenvalue weighted by Crippen LogP contribution is -2.42. The van der Waals surface area contributed by atoms with Gasteiger partial charge in [-0.3, -0.25) is 14.5 Å². The third-order valence-corrected chi connectivity index (χ3v) is 4.30. The van der Waals surface area contributed by atoms with Crippen molar-refractivity contribution in [3.8, 4) is 0 Å². The molecule has 1 amide bonds. The lowest BCUT2D eigenvalue weighted by atomic mass is 10.1. The van der Waals surface area contributed by atoms with Crippen molar-refractivity contribution in [2.24, 2.45) is 0 Å². The molecule has 1 aliphatic rings. The number of amides is 1. The zero-order valence-corrected chi connectivity index (χ0v) is 14.1. The number of likely N-dealkylation sites (tertiary alicyclic amines) is 1. The van der Waals surface area contributed by atoms with Gasteiger partial charge in [0.15, 0.2) is 0 Å². The molecule has 3 N–H and O–H groups in total. The average molecular weight is 348 g/mol. The largest absolute Gasteiger partial charge is 0.481 e. The smallest absolute Gasteiger partial charge is 0.326 e. The van der Waals surface area contributed by atoms with Crippen LogP contribution in [0, 0.1) is 0 Å². The third kappa shape index (κ3) is 6.19. The molecule has 0 aromatic heterocycles. The minimum absolute atomic E-state index is 0.316. The molecule has 7 heteroatoms. The highest BCUT2D eigenvalue weighted by molar-refractivity contribution is 5.97. The predicted octanol–water partition coefficient (Wildman–Crippen LogP) is 1.72. The van der Waals surface area contributed by atoms with Gasteiger partial charge < -0.3 is 15.5 Å². The molecule has 1 heterocycles. The Morgan fingerprint density at radius 1 is 1.00 bits per heavy atom. The summed E-state index contributed by atoms with van der Waals surface area (Å²) in [5.41, 5.74) is 1.41. The van der Waals surface area contributed by atoms with Gasteiger partial charge in [-0.25, -0.2) is 4.79 Å². The molecule has 0 unspecified atom stereocenters. The summed E-state index contributed by atoms with van der Waals surface area (Å²) in [5, 5.41) is 19.9. The fourth-order valence-electron chi connectivity index (χ4n) is 2.93. The minimum atomic E-state index is -1.44. The zero-order valence-electron chi connectivity index (χ0n) is 14.1. The zero-order chi connectivity index (χ0) is 18.2. The fourth-order valence-corrected chi connectivity index (χ4v) is 2.93. The monoisotopic (exact) mass is 348 g/mol. The molecule has 25 heavy (non-hydrogen) atoms. The van der Waals surface area contributed by atoms with Gasteiger partial charge >= 0.3 is 11.9 Å². The number of carboxylic acid groups (broad SMARTS) is 2. The highest BCUT2D eigenvalue weighted by atomic mass is 16.4. The summed E-state index contributed by atoms with van der Waals surface area (Å²) in [6.07, 6.45) is 4.31. The molecule has 7 nitrogen and oxygen atoms in total. The first-order chi connectivity index (χ1) is 12.0. The van der Waals surface area contributed by atoms with E-state index in [4.69, 9.17) is 10.2 Å². The molecule has 2 rings (SSSR count). The van der Waals surface area contributed by atoms with Crippen LogP contribution in [0.15, 0.2) is 24.3 Å². The van der Waals surface area contributed by atoms with Gasteiger partial charge in [0.05, 0.1) is 6.42 Å². The van der Waals surface area contributed by atoms with Gasteiger partial charge in [-0.1, -0.05) is 25.0 Å². The molecule has 0 bridgehead atoms. The summed E-state index contributed by atoms with van der Waals surface area (Å²) in [4.78, 5) is 36.2. The van der Waals surface area contributed by atoms with Crippen molar-refractivity contribution in [2.45, 2.75) is 44.7 Å². The maximum Gasteiger partial charge on any atom is 0.326 e. The molecule has 0 radical (unpaired) electrons. The van der Waals surface area contributed by atoms with Crippen molar-refractivity contribution in [3.05, 3.63) is 35.4 Å². The van der Waals surface area contributed by atoms with Crippen LogP contribution < -0.4 is 5.32 Å². The summed E-state index contributed by atoms with van der Waals surface area (Å²) in [7, 11) is 0. The summed E-state index contributed by atoms with van der Waals surface area (Å²) in [6, 6.07) is 5.55. The maximum atomic E-state index is 12.1. The molecule has 1 atom stereocenters. The quantitative estimate of drug-likeness (QED) is 0.693. The van der Waals surface area contributed by atoms with Crippen molar-refractivity contribution in [1.82, 2.24) is 10.2 Å². The summed E-state index contributed by atoms with van der Waals surface area (Å²) >= 11 is 0. The second-order valence-corrected chi connectivity index (χ2v) is 6.35. The van der Waals surface area contributed by atoms with Crippen molar-refractivity contribution in [3.63, 3.8) is 0 Å². The first kappa shape index (κ1) is 18.9. The lowest BCUT2D eigenvalue weighted by molar-refractivity contribution is -0.145. The van der Waals surface area contributed by atoms with Gasteiger partial charge in [0.25, 0.3) is 5.91 Å². The number of hydrogen-bond acceptors (Lipinski definition) is 4. The summed E-state index contributed by atoms with van der Waals surface area (Å²) in [5.74, 6) is -3.23. The van der Waals surface area contributed by atoms with E-state index in [2.05, 4.69) is 10.2 Å². The number of carbonyl (C=O) groups excluding carboxylic acids is 1. The van der Waals surface area contributed by atoms with E-state index in [1.807, 2.05) is 12.1 Å². The molecule has 136 valence electrons. The summed E-state index contributed by atoms with van der Waals surface area (Å²) < 4.78 is 0. The fraction of sp³-hybridized carbons (Fsp3) is 0.500. The van der Waals surface area contributed by atoms with Crippen molar-refractivity contribution < 1.29 is 24.6 Å². The Hall–Kier alpha value is -2.41. The highest BCUT2D eigenvalue weighted by Crippen LogP contribution is 2.14. The Kier molecular flexibility index (Phi) is 6.94. The Morgan fingerprint density at radius 2 is 1.60 bits per heavy atom. The highest BCUT2D eigenvalue weighted by Gasteiger charge is 2.23. The molecule has 1 aliphatic heterocycles. The Balaban J connectivity index is 1.94. The molecular weight excluding hydrogens is 324 g/mol. The molecule has 0 aliphatic carbocycles. The number of aliphatic carboxylic acids is 2. The van der Waals surface area contributed by atoms with Gasteiger partial charge in [0.1, 0.15) is 6.04 Å². The van der Waals surface area contributed by atoms with Crippen LogP contribution in [0.1, 0.15) is 48.0 Å². The number of benzene rings is 1. The number of nitrogens with one attached hydrogen (secondary N) is 1. The lowest BCUT2D eigenvalue weighted by Gasteiger charge is -2.19. The van der Waals surface area contributed by atoms with E-state index in [-0.39, 0.29) is 0 Å². The maximum absolute atomic E-state index is 12.1. The van der Waals surface area contributed by atoms with Crippen LogP contribution in [0.5, 0.6) is 0 Å². The minimum Gasteiger partial charge on any atom is -0.481 e. The Labute approximate surface area is 146 Å². The van der Waals surface area contributed by atoms with E-state index in [1.165, 1.54) is 25.7 Å². The van der Waals surface area contributed by atoms with E-state index in [9.17, 15) is 14.4 Å². The van der Waals surface area contributed by atoms with Crippen molar-refractivity contribution >= 4 is 17.8 Å². The Morgan fingerprint density at radius 3 is 2.12 bits per heavy atom. The first-order valence-corrected chi connectivity index (χ1v) is 8.52. The van der Waals surface area contributed by atoms with E-state index in [0.29, 0.717) is 5.56 Å². The number of nitrogens with zero attached hydrogens (tertiary/aromatic N) is 1. The molecule has 1 fully saturated rings. The first-order valence-electron chi connectivity index (χ1n) is 8.52. The van der Waals surface area contributed by atoms with Gasteiger partial charge in [0, 0.05) is 12.1 Å². The van der Waals surface area contributed by atoms with E-state index >= 15 is 0 Å². The van der Waals surface area contributed by atoms with Gasteiger partial charge in [0.2, 0.25) is 0 Å². The molecule has 0 spiro atoms. The van der Waals surface area contributed by atoms with Crippen LogP contribution in [0.2, 0.25) is 0 Å². The van der Waals surface area contributed by atoms with E-state index in [0.717, 1.165) is 25.2 Å². The average Bonchev–Trinajstić information content (AvgIpc) is 2.83. The second kappa shape index (κ2) is 9.17. The molecule has 1 saturated heterocycles. The molecule has 1 aromatic carbocycles. The van der Waals surface area contributed by atoms with Crippen molar-refractivity contribution in [1.29, 1.82) is 0 Å². The van der Waals surface area contributed by atoms with E-state index < -0.39 is 30.3 Å². The van der Waals surface area contributed by atoms with E-state index in [1.54, 1.807) is 12.1 Å². The van der Waals surface area contributed by atoms with Crippen LogP contribution >= 0.6 is 0 Å². The summed E-state index contributed by atoms with van der Waals surface area (Å²) in [6.45, 7) is 2.99. The number of rotatable bonds is 7. The van der Waals surface area contributed by atoms with Crippen LogP contribution in [0.4, 0.5) is 0 Å². The van der Waals surface area contributed by atoms with Crippen molar-refractivity contribution in [2.75, 3.05) is 13.1 Å². The number of carboxylic acids is 2. The van der Waals surface area contributed by atoms with Gasteiger partial charge in [-0.15, -0.1) is 0 Å². The third-order valence-electron chi connectivity index (χ3n) is 4.30. The standard InChI is InChI=1S/C18H24N2O5/c21-16(22)11-15(18(24)25)19-17(23)14-7-5-13(6-8-14)12-20-9-3-1-2-4-10-20/h5-8,15H,1-4,9-12H2,(H,19,23)(H,21,22)(H,24,25)/t15-/m0/s1. The van der Waals surface area contributed by atoms with Crippen LogP contribution in [-0.2, 0) is 16.1 Å². The number of hydrogen-bond donors (Lipinski definition) is 3. The predicted molar refractivity (Wildman–Crippen MR) is 91.3 cm³/mol. The molecular formula is C18H24N2O5. The van der Waals surface area contributed by atoms with Gasteiger partial charge in [-0.2, -0.15) is 0 Å². The SMILES string of the molecule is O=C(O)C[C@H](NC(=O)c1ccc(CN2CCCCCC2)cc1)C(=O)O. The Bertz CT molecular complexity index is 606. The molecule has 0 saturated carbocycles. The topological polar surface area (TPSA) is 107 Å². The van der Waals surface area contributed by atoms with Gasteiger partial charge in [-0.05, 0) is 43.6 Å². The van der Waals surface area contributed by atoms with Crippen LogP contribution in [-0.4, -0.2) is 52.1 Å². The molecule has 1 aromatic rings. The second-order valence-electron chi connectivity index (χ2n) is 6.35. The number of carbonyl (C=O) groups is 3. The normalized spacial score (nSPS) is 16.6.